The van der Waals surface area contributed by atoms with Gasteiger partial charge in [-0.1, -0.05) is 87.5 Å². The van der Waals surface area contributed by atoms with Gasteiger partial charge in [0, 0.05) is 0 Å². The third-order valence-electron chi connectivity index (χ3n) is 3.50. The molecule has 0 N–H and O–H groups in total. The first-order valence-corrected chi connectivity index (χ1v) is 8.06. The van der Waals surface area contributed by atoms with Crippen LogP contribution in [0.15, 0.2) is 61.2 Å². The van der Waals surface area contributed by atoms with E-state index in [2.05, 4.69) is 88.0 Å². The minimum absolute atomic E-state index is 0.558. The van der Waals surface area contributed by atoms with Crippen LogP contribution < -0.4 is 0 Å². The van der Waals surface area contributed by atoms with Crippen LogP contribution in [0, 0.1) is 0 Å². The highest BCUT2D eigenvalue weighted by Crippen LogP contribution is 2.22. The van der Waals surface area contributed by atoms with E-state index in [9.17, 15) is 0 Å². The average Bonchev–Trinajstić information content (AvgIpc) is 2.54. The lowest BCUT2D eigenvalue weighted by Crippen LogP contribution is -1.91. The Morgan fingerprint density at radius 1 is 0.909 bits per heavy atom. The van der Waals surface area contributed by atoms with Crippen LogP contribution in [-0.2, 0) is 6.42 Å². The van der Waals surface area contributed by atoms with Crippen molar-refractivity contribution in [3.63, 3.8) is 0 Å². The Hall–Kier alpha value is -2.08. The van der Waals surface area contributed by atoms with E-state index in [-0.39, 0.29) is 0 Å². The molecule has 0 fully saturated rings. The zero-order valence-electron chi connectivity index (χ0n) is 14.3. The maximum absolute atomic E-state index is 3.36. The van der Waals surface area contributed by atoms with Crippen LogP contribution in [0.25, 0.3) is 12.2 Å². The molecule has 2 aromatic carbocycles. The first kappa shape index (κ1) is 18.0. The summed E-state index contributed by atoms with van der Waals surface area (Å²) >= 11 is 0. The predicted molar refractivity (Wildman–Crippen MR) is 101 cm³/mol. The van der Waals surface area contributed by atoms with Gasteiger partial charge in [0.15, 0.2) is 0 Å². The SMILES string of the molecule is C=CC.CCc1ccccc1/C=C\c1ccccc1C(C)C. The summed E-state index contributed by atoms with van der Waals surface area (Å²) in [5, 5.41) is 0. The van der Waals surface area contributed by atoms with Crippen molar-refractivity contribution in [1.29, 1.82) is 0 Å². The fraction of sp³-hybridized carbons (Fsp3) is 0.273. The Morgan fingerprint density at radius 2 is 1.41 bits per heavy atom. The largest absolute Gasteiger partial charge is 0.103 e. The van der Waals surface area contributed by atoms with Gasteiger partial charge in [0.2, 0.25) is 0 Å². The van der Waals surface area contributed by atoms with Crippen molar-refractivity contribution in [1.82, 2.24) is 0 Å². The molecule has 0 saturated carbocycles. The normalized spacial score (nSPS) is 10.4. The summed E-state index contributed by atoms with van der Waals surface area (Å²) < 4.78 is 0. The van der Waals surface area contributed by atoms with Crippen LogP contribution in [0.3, 0.4) is 0 Å². The van der Waals surface area contributed by atoms with Gasteiger partial charge in [0.25, 0.3) is 0 Å². The van der Waals surface area contributed by atoms with E-state index in [1.54, 1.807) is 6.08 Å². The van der Waals surface area contributed by atoms with Crippen LogP contribution in [0.5, 0.6) is 0 Å². The van der Waals surface area contributed by atoms with Crippen molar-refractivity contribution in [3.8, 4) is 0 Å². The second-order valence-corrected chi connectivity index (χ2v) is 5.58. The van der Waals surface area contributed by atoms with E-state index in [0.29, 0.717) is 5.92 Å². The second kappa shape index (κ2) is 9.78. The Bertz CT molecular complexity index is 603. The first-order chi connectivity index (χ1) is 10.6. The summed E-state index contributed by atoms with van der Waals surface area (Å²) in [5.74, 6) is 0.558. The fourth-order valence-corrected chi connectivity index (χ4v) is 2.39. The molecule has 0 saturated heterocycles. The summed E-state index contributed by atoms with van der Waals surface area (Å²) in [7, 11) is 0. The number of benzene rings is 2. The van der Waals surface area contributed by atoms with Gasteiger partial charge in [-0.2, -0.15) is 0 Å². The molecule has 0 heterocycles. The van der Waals surface area contributed by atoms with E-state index < -0.39 is 0 Å². The zero-order chi connectivity index (χ0) is 16.4. The van der Waals surface area contributed by atoms with Gasteiger partial charge >= 0.3 is 0 Å². The standard InChI is InChI=1S/C19H22.C3H6/c1-4-16-9-5-6-10-17(16)13-14-18-11-7-8-12-19(18)15(2)3;1-3-2/h5-15H,4H2,1-3H3;3H,1H2,2H3/b14-13-;. The van der Waals surface area contributed by atoms with Crippen molar-refractivity contribution in [2.24, 2.45) is 0 Å². The average molecular weight is 292 g/mol. The molecule has 0 aromatic heterocycles. The van der Waals surface area contributed by atoms with E-state index in [0.717, 1.165) is 6.42 Å². The van der Waals surface area contributed by atoms with Crippen LogP contribution >= 0.6 is 0 Å². The van der Waals surface area contributed by atoms with Gasteiger partial charge in [-0.15, -0.1) is 6.58 Å². The van der Waals surface area contributed by atoms with Gasteiger partial charge in [-0.05, 0) is 41.5 Å². The summed E-state index contributed by atoms with van der Waals surface area (Å²) in [6, 6.07) is 17.2. The molecular formula is C22H28. The van der Waals surface area contributed by atoms with E-state index in [1.807, 2.05) is 6.92 Å². The van der Waals surface area contributed by atoms with E-state index in [1.165, 1.54) is 22.3 Å². The molecule has 22 heavy (non-hydrogen) atoms. The van der Waals surface area contributed by atoms with Gasteiger partial charge in [0.05, 0.1) is 0 Å². The third-order valence-corrected chi connectivity index (χ3v) is 3.50. The molecule has 0 spiro atoms. The summed E-state index contributed by atoms with van der Waals surface area (Å²) in [5.41, 5.74) is 5.46. The topological polar surface area (TPSA) is 0 Å². The van der Waals surface area contributed by atoms with Gasteiger partial charge < -0.3 is 0 Å². The minimum atomic E-state index is 0.558. The number of hydrogen-bond donors (Lipinski definition) is 0. The zero-order valence-corrected chi connectivity index (χ0v) is 14.3. The molecule has 0 aliphatic heterocycles. The molecule has 2 aromatic rings. The lowest BCUT2D eigenvalue weighted by molar-refractivity contribution is 0.864. The molecule has 116 valence electrons. The molecular weight excluding hydrogens is 264 g/mol. The molecule has 0 amide bonds. The van der Waals surface area contributed by atoms with E-state index >= 15 is 0 Å². The van der Waals surface area contributed by atoms with E-state index in [4.69, 9.17) is 0 Å². The highest BCUT2D eigenvalue weighted by molar-refractivity contribution is 5.72. The summed E-state index contributed by atoms with van der Waals surface area (Å²) in [4.78, 5) is 0. The Kier molecular flexibility index (Phi) is 7.99. The lowest BCUT2D eigenvalue weighted by atomic mass is 9.96. The molecule has 0 atom stereocenters. The maximum Gasteiger partial charge on any atom is -0.0213 e. The predicted octanol–water partition coefficient (Wildman–Crippen LogP) is 6.74. The molecule has 0 aliphatic rings. The van der Waals surface area contributed by atoms with Crippen molar-refractivity contribution < 1.29 is 0 Å². The van der Waals surface area contributed by atoms with Crippen molar-refractivity contribution in [2.75, 3.05) is 0 Å². The third kappa shape index (κ3) is 5.37. The number of rotatable bonds is 4. The van der Waals surface area contributed by atoms with Crippen molar-refractivity contribution in [3.05, 3.63) is 83.4 Å². The lowest BCUT2D eigenvalue weighted by Gasteiger charge is -2.09. The van der Waals surface area contributed by atoms with Gasteiger partial charge in [-0.3, -0.25) is 0 Å². The second-order valence-electron chi connectivity index (χ2n) is 5.58. The smallest absolute Gasteiger partial charge is 0.0213 e. The molecule has 0 bridgehead atoms. The van der Waals surface area contributed by atoms with Gasteiger partial charge in [-0.25, -0.2) is 0 Å². The van der Waals surface area contributed by atoms with Crippen molar-refractivity contribution >= 4 is 12.2 Å². The highest BCUT2D eigenvalue weighted by atomic mass is 14.1. The highest BCUT2D eigenvalue weighted by Gasteiger charge is 2.03. The van der Waals surface area contributed by atoms with Crippen LogP contribution in [0.2, 0.25) is 0 Å². The Morgan fingerprint density at radius 3 is 2.00 bits per heavy atom. The summed E-state index contributed by atoms with van der Waals surface area (Å²) in [6.07, 6.45) is 7.30. The van der Waals surface area contributed by atoms with Crippen LogP contribution in [-0.4, -0.2) is 0 Å². The number of hydrogen-bond acceptors (Lipinski definition) is 0. The van der Waals surface area contributed by atoms with Gasteiger partial charge in [0.1, 0.15) is 0 Å². The first-order valence-electron chi connectivity index (χ1n) is 8.06. The quantitative estimate of drug-likeness (QED) is 0.432. The number of allylic oxidation sites excluding steroid dienone is 1. The molecule has 0 nitrogen and oxygen atoms in total. The molecule has 0 heteroatoms. The Balaban J connectivity index is 0.000000745. The monoisotopic (exact) mass is 292 g/mol. The van der Waals surface area contributed by atoms with Crippen molar-refractivity contribution in [2.45, 2.75) is 40.0 Å². The number of aryl methyl sites for hydroxylation is 1. The molecule has 0 aliphatic carbocycles. The molecule has 0 unspecified atom stereocenters. The molecule has 0 radical (unpaired) electrons. The fourth-order valence-electron chi connectivity index (χ4n) is 2.39. The van der Waals surface area contributed by atoms with Crippen LogP contribution in [0.1, 0.15) is 55.9 Å². The van der Waals surface area contributed by atoms with Crippen LogP contribution in [0.4, 0.5) is 0 Å². The molecule has 2 rings (SSSR count). The maximum atomic E-state index is 3.36. The Labute approximate surface area is 136 Å². The summed E-state index contributed by atoms with van der Waals surface area (Å²) in [6.45, 7) is 11.9. The minimum Gasteiger partial charge on any atom is -0.103 e.